The smallest absolute Gasteiger partial charge is 0.401 e. The second-order valence-corrected chi connectivity index (χ2v) is 8.32. The molecule has 1 atom stereocenters. The monoisotopic (exact) mass is 467 g/mol. The number of amidine groups is 1. The average Bonchev–Trinajstić information content (AvgIpc) is 3.28. The van der Waals surface area contributed by atoms with E-state index in [2.05, 4.69) is 15.4 Å². The number of halogens is 1. The number of nitrogens with one attached hydrogen (secondary N) is 1. The minimum atomic E-state index is -0.856. The van der Waals surface area contributed by atoms with Gasteiger partial charge in [-0.05, 0) is 29.8 Å². The van der Waals surface area contributed by atoms with Gasteiger partial charge in [0.2, 0.25) is 6.17 Å². The molecular formula is C21H14ClN5O4S. The van der Waals surface area contributed by atoms with E-state index in [1.54, 1.807) is 36.4 Å². The quantitative estimate of drug-likeness (QED) is 0.466. The summed E-state index contributed by atoms with van der Waals surface area (Å²) in [5.41, 5.74) is 1.31. The van der Waals surface area contributed by atoms with Crippen LogP contribution in [0.15, 0.2) is 75.2 Å². The number of carbonyl (C=O) groups excluding carboxylic acids is 1. The Labute approximate surface area is 190 Å². The summed E-state index contributed by atoms with van der Waals surface area (Å²) < 4.78 is 5.39. The van der Waals surface area contributed by atoms with Gasteiger partial charge in [0.1, 0.15) is 10.6 Å². The standard InChI is InChI=1S/C21H14ClN5O4S/c22-13-7-5-12(6-8-13)11-32-21-24-20(28)18-14-3-1-2-4-15(14)23-19(26(18)25-21)16-9-10-17(31-16)27(29)30/h1-10,19H,11H2,(H,24,25,28)/t19-/m1/s1. The van der Waals surface area contributed by atoms with Crippen LogP contribution in [0.2, 0.25) is 5.02 Å². The summed E-state index contributed by atoms with van der Waals surface area (Å²) in [6, 6.07) is 17.3. The molecule has 1 aromatic heterocycles. The van der Waals surface area contributed by atoms with Crippen molar-refractivity contribution in [3.8, 4) is 0 Å². The zero-order valence-electron chi connectivity index (χ0n) is 16.3. The van der Waals surface area contributed by atoms with E-state index >= 15 is 0 Å². The van der Waals surface area contributed by atoms with E-state index in [-0.39, 0.29) is 11.7 Å². The number of hydrogen-bond acceptors (Lipinski definition) is 8. The van der Waals surface area contributed by atoms with E-state index in [1.807, 2.05) is 12.1 Å². The highest BCUT2D eigenvalue weighted by molar-refractivity contribution is 8.13. The number of rotatable bonds is 4. The van der Waals surface area contributed by atoms with Gasteiger partial charge in [-0.2, -0.15) is 0 Å². The number of amides is 1. The molecule has 5 rings (SSSR count). The van der Waals surface area contributed by atoms with Crippen LogP contribution in [-0.2, 0) is 10.5 Å². The molecule has 11 heteroatoms. The van der Waals surface area contributed by atoms with Crippen molar-refractivity contribution < 1.29 is 14.1 Å². The molecule has 1 N–H and O–H groups in total. The highest BCUT2D eigenvalue weighted by atomic mass is 35.5. The lowest BCUT2D eigenvalue weighted by molar-refractivity contribution is -0.402. The molecule has 0 fully saturated rings. The minimum absolute atomic E-state index is 0.212. The van der Waals surface area contributed by atoms with E-state index in [0.717, 1.165) is 5.56 Å². The van der Waals surface area contributed by atoms with E-state index < -0.39 is 17.0 Å². The maximum absolute atomic E-state index is 13.1. The average molecular weight is 468 g/mol. The van der Waals surface area contributed by atoms with Gasteiger partial charge >= 0.3 is 5.88 Å². The van der Waals surface area contributed by atoms with Crippen molar-refractivity contribution in [3.63, 3.8) is 0 Å². The minimum Gasteiger partial charge on any atom is -0.401 e. The number of fused-ring (bicyclic) bond motifs is 2. The molecule has 160 valence electrons. The number of benzene rings is 2. The van der Waals surface area contributed by atoms with Crippen molar-refractivity contribution in [1.29, 1.82) is 0 Å². The number of nitro groups is 1. The van der Waals surface area contributed by atoms with Crippen LogP contribution in [0.5, 0.6) is 0 Å². The third-order valence-electron chi connectivity index (χ3n) is 4.85. The molecule has 0 saturated carbocycles. The Morgan fingerprint density at radius 2 is 1.94 bits per heavy atom. The number of furan rings is 1. The van der Waals surface area contributed by atoms with Crippen LogP contribution in [0, 0.1) is 10.1 Å². The summed E-state index contributed by atoms with van der Waals surface area (Å²) in [4.78, 5) is 28.2. The van der Waals surface area contributed by atoms with Crippen molar-refractivity contribution in [2.24, 2.45) is 10.1 Å². The first kappa shape index (κ1) is 20.3. The summed E-state index contributed by atoms with van der Waals surface area (Å²) in [5, 5.41) is 22.2. The molecule has 3 heterocycles. The van der Waals surface area contributed by atoms with Gasteiger partial charge in [-0.15, -0.1) is 5.10 Å². The lowest BCUT2D eigenvalue weighted by atomic mass is 10.1. The number of hydrazone groups is 1. The van der Waals surface area contributed by atoms with Gasteiger partial charge in [0.25, 0.3) is 5.91 Å². The van der Waals surface area contributed by atoms with E-state index in [1.165, 1.54) is 28.9 Å². The summed E-state index contributed by atoms with van der Waals surface area (Å²) in [6.07, 6.45) is -0.856. The lowest BCUT2D eigenvalue weighted by Gasteiger charge is -2.32. The second-order valence-electron chi connectivity index (χ2n) is 6.92. The Bertz CT molecular complexity index is 1390. The predicted octanol–water partition coefficient (Wildman–Crippen LogP) is 2.92. The largest absolute Gasteiger partial charge is 0.433 e. The SMILES string of the molecule is O=C1NC(SCc2ccc(Cl)cc2)=NN2C1=c1ccccc1=N[C@H]2c1ccc([N+](=O)[O-])o1. The molecule has 2 aliphatic heterocycles. The van der Waals surface area contributed by atoms with Gasteiger partial charge < -0.3 is 4.42 Å². The fourth-order valence-electron chi connectivity index (χ4n) is 3.39. The maximum atomic E-state index is 13.1. The fourth-order valence-corrected chi connectivity index (χ4v) is 4.32. The van der Waals surface area contributed by atoms with Crippen molar-refractivity contribution in [1.82, 2.24) is 10.3 Å². The summed E-state index contributed by atoms with van der Waals surface area (Å²) in [6.45, 7) is 0. The molecule has 0 spiro atoms. The van der Waals surface area contributed by atoms with Crippen LogP contribution in [0.1, 0.15) is 17.5 Å². The zero-order valence-corrected chi connectivity index (χ0v) is 17.8. The Morgan fingerprint density at radius 1 is 1.16 bits per heavy atom. The van der Waals surface area contributed by atoms with Gasteiger partial charge in [0, 0.05) is 16.0 Å². The van der Waals surface area contributed by atoms with Crippen LogP contribution in [-0.4, -0.2) is 21.0 Å². The molecule has 0 unspecified atom stereocenters. The van der Waals surface area contributed by atoms with Crippen LogP contribution in [0.3, 0.4) is 0 Å². The first-order valence-electron chi connectivity index (χ1n) is 9.47. The molecule has 2 aliphatic rings. The molecule has 9 nitrogen and oxygen atoms in total. The summed E-state index contributed by atoms with van der Waals surface area (Å²) in [7, 11) is 0. The molecule has 0 bridgehead atoms. The number of para-hydroxylation sites is 1. The lowest BCUT2D eigenvalue weighted by Crippen LogP contribution is -2.50. The van der Waals surface area contributed by atoms with Crippen LogP contribution in [0.25, 0.3) is 5.70 Å². The normalized spacial score (nSPS) is 17.1. The number of hydrogen-bond donors (Lipinski definition) is 1. The van der Waals surface area contributed by atoms with E-state index in [4.69, 9.17) is 16.0 Å². The van der Waals surface area contributed by atoms with Crippen molar-refractivity contribution in [3.05, 3.63) is 97.7 Å². The van der Waals surface area contributed by atoms with Crippen LogP contribution in [0.4, 0.5) is 5.88 Å². The van der Waals surface area contributed by atoms with Gasteiger partial charge in [0.15, 0.2) is 10.9 Å². The van der Waals surface area contributed by atoms with Gasteiger partial charge in [-0.25, -0.2) is 10.0 Å². The molecule has 0 radical (unpaired) electrons. The molecule has 2 aromatic carbocycles. The highest BCUT2D eigenvalue weighted by Gasteiger charge is 2.36. The zero-order chi connectivity index (χ0) is 22.2. The maximum Gasteiger partial charge on any atom is 0.433 e. The van der Waals surface area contributed by atoms with Gasteiger partial charge in [-0.1, -0.05) is 53.7 Å². The van der Waals surface area contributed by atoms with Crippen molar-refractivity contribution >= 4 is 46.0 Å². The van der Waals surface area contributed by atoms with Gasteiger partial charge in [0.05, 0.1) is 11.4 Å². The molecule has 0 aliphatic carbocycles. The van der Waals surface area contributed by atoms with E-state index in [0.29, 0.717) is 32.2 Å². The third kappa shape index (κ3) is 3.74. The van der Waals surface area contributed by atoms with Crippen molar-refractivity contribution in [2.75, 3.05) is 0 Å². The molecule has 32 heavy (non-hydrogen) atoms. The first-order chi connectivity index (χ1) is 15.5. The molecular weight excluding hydrogens is 454 g/mol. The Morgan fingerprint density at radius 3 is 2.69 bits per heavy atom. The van der Waals surface area contributed by atoms with Crippen LogP contribution < -0.4 is 15.9 Å². The molecule has 0 saturated heterocycles. The summed E-state index contributed by atoms with van der Waals surface area (Å²) >= 11 is 7.28. The highest BCUT2D eigenvalue weighted by Crippen LogP contribution is 2.33. The Kier molecular flexibility index (Phi) is 5.16. The third-order valence-corrected chi connectivity index (χ3v) is 6.04. The first-order valence-corrected chi connectivity index (χ1v) is 10.8. The topological polar surface area (TPSA) is 113 Å². The molecule has 1 amide bonds. The Balaban J connectivity index is 1.54. The number of nitrogens with zero attached hydrogens (tertiary/aromatic N) is 4. The van der Waals surface area contributed by atoms with Crippen LogP contribution >= 0.6 is 23.4 Å². The summed E-state index contributed by atoms with van der Waals surface area (Å²) in [5.74, 6) is 0.0268. The van der Waals surface area contributed by atoms with E-state index in [9.17, 15) is 14.9 Å². The number of thioether (sulfide) groups is 1. The fraction of sp³-hybridized carbons (Fsp3) is 0.0952. The number of carbonyl (C=O) groups is 1. The Hall–Kier alpha value is -3.63. The van der Waals surface area contributed by atoms with Crippen molar-refractivity contribution in [2.45, 2.75) is 11.9 Å². The second kappa shape index (κ2) is 8.13. The van der Waals surface area contributed by atoms with Gasteiger partial charge in [-0.3, -0.25) is 20.2 Å². The molecule has 3 aromatic rings. The predicted molar refractivity (Wildman–Crippen MR) is 119 cm³/mol.